The number of likely N-dealkylation sites (tertiary alicyclic amines) is 1. The number of nitrogens with one attached hydrogen (secondary N) is 1. The van der Waals surface area contributed by atoms with Gasteiger partial charge in [-0.2, -0.15) is 13.2 Å². The lowest BCUT2D eigenvalue weighted by Gasteiger charge is -2.33. The van der Waals surface area contributed by atoms with Gasteiger partial charge >= 0.3 is 6.18 Å². The summed E-state index contributed by atoms with van der Waals surface area (Å²) in [5, 5.41) is 2.99. The fraction of sp³-hybridized carbons (Fsp3) is 1.00. The molecule has 0 bridgehead atoms. The van der Waals surface area contributed by atoms with Crippen LogP contribution in [0.4, 0.5) is 13.2 Å². The van der Waals surface area contributed by atoms with Gasteiger partial charge in [-0.1, -0.05) is 0 Å². The van der Waals surface area contributed by atoms with Crippen LogP contribution in [-0.2, 0) is 0 Å². The predicted octanol–water partition coefficient (Wildman–Crippen LogP) is 2.26. The van der Waals surface area contributed by atoms with Gasteiger partial charge in [0.15, 0.2) is 0 Å². The maximum atomic E-state index is 12.0. The number of hydrogen-bond acceptors (Lipinski definition) is 2. The van der Waals surface area contributed by atoms with E-state index in [2.05, 4.69) is 17.3 Å². The summed E-state index contributed by atoms with van der Waals surface area (Å²) in [6, 6.07) is 0.191. The molecule has 96 valence electrons. The molecule has 1 aliphatic heterocycles. The second-order valence-electron chi connectivity index (χ2n) is 4.75. The van der Waals surface area contributed by atoms with Crippen molar-refractivity contribution in [2.45, 2.75) is 38.4 Å². The summed E-state index contributed by atoms with van der Waals surface area (Å²) in [5.74, 6) is 0.518. The predicted molar refractivity (Wildman–Crippen MR) is 58.4 cm³/mol. The first-order valence-electron chi connectivity index (χ1n) is 5.87. The summed E-state index contributed by atoms with van der Waals surface area (Å²) in [5.41, 5.74) is 0. The molecule has 1 N–H and O–H groups in total. The second kappa shape index (κ2) is 5.87. The Labute approximate surface area is 95.2 Å². The molecule has 1 fully saturated rings. The maximum Gasteiger partial charge on any atom is 0.390 e. The van der Waals surface area contributed by atoms with E-state index >= 15 is 0 Å². The van der Waals surface area contributed by atoms with Crippen molar-refractivity contribution >= 4 is 0 Å². The highest BCUT2D eigenvalue weighted by Crippen LogP contribution is 2.21. The van der Waals surface area contributed by atoms with Crippen LogP contribution in [0, 0.1) is 5.92 Å². The van der Waals surface area contributed by atoms with Gasteiger partial charge in [-0.25, -0.2) is 0 Å². The molecule has 1 aliphatic rings. The van der Waals surface area contributed by atoms with Crippen LogP contribution >= 0.6 is 0 Å². The highest BCUT2D eigenvalue weighted by molar-refractivity contribution is 4.78. The number of hydrogen-bond donors (Lipinski definition) is 1. The Morgan fingerprint density at radius 2 is 1.88 bits per heavy atom. The molecule has 1 atom stereocenters. The monoisotopic (exact) mass is 238 g/mol. The van der Waals surface area contributed by atoms with E-state index in [4.69, 9.17) is 0 Å². The van der Waals surface area contributed by atoms with Gasteiger partial charge in [0.05, 0.1) is 6.42 Å². The number of nitrogens with zero attached hydrogens (tertiary/aromatic N) is 1. The standard InChI is InChI=1S/C11H21F3N2/c1-9(15-6-5-11(12,13)14)10-3-7-16(2)8-4-10/h9-10,15H,3-8H2,1-2H3. The molecular formula is C11H21F3N2. The van der Waals surface area contributed by atoms with E-state index < -0.39 is 12.6 Å². The third-order valence-corrected chi connectivity index (χ3v) is 3.35. The minimum Gasteiger partial charge on any atom is -0.314 e. The molecule has 1 heterocycles. The van der Waals surface area contributed by atoms with E-state index in [0.717, 1.165) is 25.9 Å². The Hall–Kier alpha value is -0.290. The molecule has 0 aromatic rings. The molecule has 5 heteroatoms. The largest absolute Gasteiger partial charge is 0.390 e. The number of halogens is 3. The van der Waals surface area contributed by atoms with Gasteiger partial charge in [-0.05, 0) is 45.8 Å². The van der Waals surface area contributed by atoms with E-state index in [1.54, 1.807) is 0 Å². The first-order chi connectivity index (χ1) is 7.38. The average Bonchev–Trinajstić information content (AvgIpc) is 2.16. The topological polar surface area (TPSA) is 15.3 Å². The quantitative estimate of drug-likeness (QED) is 0.808. The summed E-state index contributed by atoms with van der Waals surface area (Å²) in [6.07, 6.45) is -2.61. The molecular weight excluding hydrogens is 217 g/mol. The molecule has 0 aliphatic carbocycles. The number of piperidine rings is 1. The highest BCUT2D eigenvalue weighted by Gasteiger charge is 2.27. The van der Waals surface area contributed by atoms with Crippen LogP contribution in [0.3, 0.4) is 0 Å². The molecule has 0 radical (unpaired) electrons. The molecule has 0 spiro atoms. The van der Waals surface area contributed by atoms with Crippen LogP contribution in [0.1, 0.15) is 26.2 Å². The summed E-state index contributed by atoms with van der Waals surface area (Å²) < 4.78 is 35.9. The van der Waals surface area contributed by atoms with E-state index in [0.29, 0.717) is 5.92 Å². The molecule has 0 saturated carbocycles. The zero-order valence-electron chi connectivity index (χ0n) is 9.98. The Morgan fingerprint density at radius 3 is 2.38 bits per heavy atom. The first kappa shape index (κ1) is 13.8. The van der Waals surface area contributed by atoms with Crippen molar-refractivity contribution in [2.24, 2.45) is 5.92 Å². The van der Waals surface area contributed by atoms with Crippen molar-refractivity contribution in [1.82, 2.24) is 10.2 Å². The molecule has 16 heavy (non-hydrogen) atoms. The van der Waals surface area contributed by atoms with Crippen molar-refractivity contribution in [3.05, 3.63) is 0 Å². The lowest BCUT2D eigenvalue weighted by molar-refractivity contribution is -0.133. The van der Waals surface area contributed by atoms with Crippen LogP contribution in [-0.4, -0.2) is 43.8 Å². The average molecular weight is 238 g/mol. The maximum absolute atomic E-state index is 12.0. The van der Waals surface area contributed by atoms with Crippen LogP contribution in [0.2, 0.25) is 0 Å². The second-order valence-corrected chi connectivity index (χ2v) is 4.75. The van der Waals surface area contributed by atoms with Crippen molar-refractivity contribution in [2.75, 3.05) is 26.7 Å². The molecule has 2 nitrogen and oxygen atoms in total. The van der Waals surface area contributed by atoms with E-state index in [1.807, 2.05) is 6.92 Å². The van der Waals surface area contributed by atoms with Crippen LogP contribution in [0.25, 0.3) is 0 Å². The third-order valence-electron chi connectivity index (χ3n) is 3.35. The van der Waals surface area contributed by atoms with Gasteiger partial charge in [0.25, 0.3) is 0 Å². The first-order valence-corrected chi connectivity index (χ1v) is 5.87. The van der Waals surface area contributed by atoms with Gasteiger partial charge in [0, 0.05) is 12.6 Å². The van der Waals surface area contributed by atoms with Crippen molar-refractivity contribution in [3.63, 3.8) is 0 Å². The summed E-state index contributed by atoms with van der Waals surface area (Å²) in [4.78, 5) is 2.26. The molecule has 1 rings (SSSR count). The highest BCUT2D eigenvalue weighted by atomic mass is 19.4. The Bertz CT molecular complexity index is 198. The minimum absolute atomic E-state index is 0.0387. The van der Waals surface area contributed by atoms with Gasteiger partial charge < -0.3 is 10.2 Å². The third kappa shape index (κ3) is 5.16. The molecule has 0 aromatic heterocycles. The van der Waals surface area contributed by atoms with Gasteiger partial charge in [0.1, 0.15) is 0 Å². The van der Waals surface area contributed by atoms with Crippen LogP contribution in [0.15, 0.2) is 0 Å². The van der Waals surface area contributed by atoms with E-state index in [1.165, 1.54) is 0 Å². The summed E-state index contributed by atoms with van der Waals surface area (Å²) in [7, 11) is 2.08. The molecule has 1 unspecified atom stereocenters. The van der Waals surface area contributed by atoms with Gasteiger partial charge in [0.2, 0.25) is 0 Å². The minimum atomic E-state index is -4.04. The fourth-order valence-corrected chi connectivity index (χ4v) is 2.14. The van der Waals surface area contributed by atoms with Crippen LogP contribution in [0.5, 0.6) is 0 Å². The van der Waals surface area contributed by atoms with Gasteiger partial charge in [-0.15, -0.1) is 0 Å². The normalized spacial score (nSPS) is 22.3. The zero-order valence-corrected chi connectivity index (χ0v) is 9.98. The Balaban J connectivity index is 2.17. The van der Waals surface area contributed by atoms with Crippen molar-refractivity contribution in [3.8, 4) is 0 Å². The smallest absolute Gasteiger partial charge is 0.314 e. The zero-order chi connectivity index (χ0) is 12.2. The molecule has 0 amide bonds. The number of rotatable bonds is 4. The Morgan fingerprint density at radius 1 is 1.31 bits per heavy atom. The summed E-state index contributed by atoms with van der Waals surface area (Å²) >= 11 is 0. The van der Waals surface area contributed by atoms with E-state index in [-0.39, 0.29) is 12.6 Å². The van der Waals surface area contributed by atoms with Crippen molar-refractivity contribution in [1.29, 1.82) is 0 Å². The fourth-order valence-electron chi connectivity index (χ4n) is 2.14. The van der Waals surface area contributed by atoms with Crippen molar-refractivity contribution < 1.29 is 13.2 Å². The van der Waals surface area contributed by atoms with Crippen LogP contribution < -0.4 is 5.32 Å². The SMILES string of the molecule is CC(NCCC(F)(F)F)C1CCN(C)CC1. The Kier molecular flexibility index (Phi) is 5.05. The lowest BCUT2D eigenvalue weighted by Crippen LogP contribution is -2.41. The van der Waals surface area contributed by atoms with Gasteiger partial charge in [-0.3, -0.25) is 0 Å². The lowest BCUT2D eigenvalue weighted by atomic mass is 9.90. The molecule has 0 aromatic carbocycles. The molecule has 1 saturated heterocycles. The number of alkyl halides is 3. The summed E-state index contributed by atoms with van der Waals surface area (Å²) in [6.45, 7) is 4.13. The van der Waals surface area contributed by atoms with E-state index in [9.17, 15) is 13.2 Å².